The van der Waals surface area contributed by atoms with E-state index in [1.807, 2.05) is 0 Å². The van der Waals surface area contributed by atoms with Gasteiger partial charge >= 0.3 is 8.80 Å². The molecule has 0 aliphatic heterocycles. The first-order valence-electron chi connectivity index (χ1n) is 20.0. The molecule has 0 saturated carbocycles. The summed E-state index contributed by atoms with van der Waals surface area (Å²) in [6, 6.07) is 0.970. The van der Waals surface area contributed by atoms with Gasteiger partial charge in [0.25, 0.3) is 0 Å². The summed E-state index contributed by atoms with van der Waals surface area (Å²) in [6.07, 6.45) is 46.3. The third kappa shape index (κ3) is 31.9. The smallest absolute Gasteiger partial charge is 0.377 e. The fraction of sp³-hybridized carbons (Fsp3) is 1.00. The predicted octanol–water partition coefficient (Wildman–Crippen LogP) is 14.1. The van der Waals surface area contributed by atoms with Crippen LogP contribution in [0.15, 0.2) is 0 Å². The zero-order valence-electron chi connectivity index (χ0n) is 30.5. The lowest BCUT2D eigenvalue weighted by Gasteiger charge is -2.26. The second kappa shape index (κ2) is 36.6. The van der Waals surface area contributed by atoms with E-state index in [9.17, 15) is 0 Å². The van der Waals surface area contributed by atoms with Crippen LogP contribution < -0.4 is 0 Å². The molecule has 43 heavy (non-hydrogen) atoms. The minimum absolute atomic E-state index is 0.797. The maximum atomic E-state index is 6.27. The Labute approximate surface area is 274 Å². The quantitative estimate of drug-likeness (QED) is 0.0504. The Morgan fingerprint density at radius 1 is 0.302 bits per heavy atom. The van der Waals surface area contributed by atoms with Gasteiger partial charge in [0.1, 0.15) is 0 Å². The fourth-order valence-electron chi connectivity index (χ4n) is 6.42. The van der Waals surface area contributed by atoms with Crippen molar-refractivity contribution in [1.82, 2.24) is 0 Å². The van der Waals surface area contributed by atoms with E-state index in [2.05, 4.69) is 13.8 Å². The molecule has 0 aliphatic carbocycles. The lowest BCUT2D eigenvalue weighted by molar-refractivity contribution is 0.0955. The fourth-order valence-corrected chi connectivity index (χ4v) is 8.51. The van der Waals surface area contributed by atoms with Crippen LogP contribution in [0.1, 0.15) is 226 Å². The monoisotopic (exact) mass is 627 g/mol. The first kappa shape index (κ1) is 43.1. The highest BCUT2D eigenvalue weighted by atomic mass is 28.4. The molecule has 0 rings (SSSR count). The van der Waals surface area contributed by atoms with Gasteiger partial charge in [-0.2, -0.15) is 0 Å². The standard InChI is InChI=1S/C39H82O3Si/c1-5-7-9-11-13-15-17-19-21-23-24-26-28-30-32-34-36-38-42-43(40-3,41-4)39-37-35-33-31-29-27-25-22-20-18-16-14-12-10-8-6-2/h5-39H2,1-4H3. The van der Waals surface area contributed by atoms with Crippen LogP contribution in [0.4, 0.5) is 0 Å². The van der Waals surface area contributed by atoms with Crippen molar-refractivity contribution in [3.63, 3.8) is 0 Å². The van der Waals surface area contributed by atoms with Crippen molar-refractivity contribution in [2.45, 2.75) is 232 Å². The van der Waals surface area contributed by atoms with Gasteiger partial charge in [-0.15, -0.1) is 0 Å². The molecule has 0 fully saturated rings. The van der Waals surface area contributed by atoms with Gasteiger partial charge in [-0.25, -0.2) is 0 Å². The summed E-state index contributed by atoms with van der Waals surface area (Å²) in [4.78, 5) is 0. The zero-order valence-corrected chi connectivity index (χ0v) is 31.5. The molecule has 0 bridgehead atoms. The summed E-state index contributed by atoms with van der Waals surface area (Å²) in [5.41, 5.74) is 0. The van der Waals surface area contributed by atoms with E-state index in [1.54, 1.807) is 14.2 Å². The van der Waals surface area contributed by atoms with Crippen LogP contribution in [0.2, 0.25) is 6.04 Å². The average molecular weight is 627 g/mol. The number of rotatable bonds is 38. The van der Waals surface area contributed by atoms with Crippen LogP contribution in [-0.2, 0) is 13.3 Å². The molecule has 0 saturated heterocycles. The highest BCUT2D eigenvalue weighted by Crippen LogP contribution is 2.21. The van der Waals surface area contributed by atoms with Crippen LogP contribution in [0.5, 0.6) is 0 Å². The summed E-state index contributed by atoms with van der Waals surface area (Å²) in [5.74, 6) is 0. The SMILES string of the molecule is CCCCCCCCCCCCCCCCCCCO[Si](CCCCCCCCCCCCCCCCCC)(OC)OC. The van der Waals surface area contributed by atoms with Gasteiger partial charge in [0.05, 0.1) is 0 Å². The van der Waals surface area contributed by atoms with Gasteiger partial charge in [-0.1, -0.05) is 213 Å². The van der Waals surface area contributed by atoms with E-state index in [0.29, 0.717) is 0 Å². The summed E-state index contributed by atoms with van der Waals surface area (Å²) >= 11 is 0. The number of unbranched alkanes of at least 4 members (excludes halogenated alkanes) is 31. The Bertz CT molecular complexity index is 497. The van der Waals surface area contributed by atoms with Gasteiger partial charge in [-0.3, -0.25) is 0 Å². The van der Waals surface area contributed by atoms with Crippen molar-refractivity contribution in [3.05, 3.63) is 0 Å². The Hall–Kier alpha value is 0.0969. The Morgan fingerprint density at radius 3 is 0.791 bits per heavy atom. The van der Waals surface area contributed by atoms with E-state index >= 15 is 0 Å². The zero-order chi connectivity index (χ0) is 31.4. The first-order valence-corrected chi connectivity index (χ1v) is 21.9. The van der Waals surface area contributed by atoms with E-state index < -0.39 is 8.80 Å². The summed E-state index contributed by atoms with van der Waals surface area (Å²) < 4.78 is 17.9. The van der Waals surface area contributed by atoms with Crippen molar-refractivity contribution in [2.75, 3.05) is 20.8 Å². The van der Waals surface area contributed by atoms with Crippen LogP contribution in [0.3, 0.4) is 0 Å². The molecule has 260 valence electrons. The van der Waals surface area contributed by atoms with Crippen molar-refractivity contribution in [3.8, 4) is 0 Å². The minimum Gasteiger partial charge on any atom is -0.377 e. The third-order valence-electron chi connectivity index (χ3n) is 9.53. The summed E-state index contributed by atoms with van der Waals surface area (Å²) in [5, 5.41) is 0. The van der Waals surface area contributed by atoms with E-state index in [4.69, 9.17) is 13.3 Å². The third-order valence-corrected chi connectivity index (χ3v) is 12.4. The Kier molecular flexibility index (Phi) is 36.6. The molecule has 0 aromatic carbocycles. The van der Waals surface area contributed by atoms with Gasteiger partial charge in [-0.05, 0) is 12.8 Å². The van der Waals surface area contributed by atoms with Crippen molar-refractivity contribution < 1.29 is 13.3 Å². The Balaban J connectivity index is 3.48. The van der Waals surface area contributed by atoms with Gasteiger partial charge in [0, 0.05) is 26.9 Å². The highest BCUT2D eigenvalue weighted by molar-refractivity contribution is 6.60. The maximum Gasteiger partial charge on any atom is 0.500 e. The van der Waals surface area contributed by atoms with E-state index in [1.165, 1.54) is 205 Å². The molecule has 4 heteroatoms. The molecule has 0 radical (unpaired) electrons. The van der Waals surface area contributed by atoms with Crippen LogP contribution >= 0.6 is 0 Å². The number of hydrogen-bond donors (Lipinski definition) is 0. The first-order chi connectivity index (χ1) is 21.2. The number of hydrogen-bond acceptors (Lipinski definition) is 3. The molecular weight excluding hydrogens is 545 g/mol. The molecule has 0 aromatic rings. The minimum atomic E-state index is -2.46. The molecule has 3 nitrogen and oxygen atoms in total. The molecule has 0 amide bonds. The summed E-state index contributed by atoms with van der Waals surface area (Å²) in [6.45, 7) is 5.40. The summed E-state index contributed by atoms with van der Waals surface area (Å²) in [7, 11) is 1.12. The topological polar surface area (TPSA) is 27.7 Å². The largest absolute Gasteiger partial charge is 0.500 e. The Morgan fingerprint density at radius 2 is 0.535 bits per heavy atom. The van der Waals surface area contributed by atoms with Crippen molar-refractivity contribution in [2.24, 2.45) is 0 Å². The second-order valence-electron chi connectivity index (χ2n) is 13.6. The lowest BCUT2D eigenvalue weighted by atomic mass is 10.0. The van der Waals surface area contributed by atoms with Gasteiger partial charge in [0.2, 0.25) is 0 Å². The molecule has 0 spiro atoms. The van der Waals surface area contributed by atoms with Crippen LogP contribution in [-0.4, -0.2) is 29.6 Å². The molecule has 0 N–H and O–H groups in total. The highest BCUT2D eigenvalue weighted by Gasteiger charge is 2.38. The molecule has 0 heterocycles. The van der Waals surface area contributed by atoms with Gasteiger partial charge in [0.15, 0.2) is 0 Å². The van der Waals surface area contributed by atoms with Gasteiger partial charge < -0.3 is 13.3 Å². The molecule has 0 aromatic heterocycles. The van der Waals surface area contributed by atoms with Crippen LogP contribution in [0, 0.1) is 0 Å². The molecule has 0 unspecified atom stereocenters. The van der Waals surface area contributed by atoms with E-state index in [0.717, 1.165) is 19.1 Å². The molecular formula is C39H82O3Si. The van der Waals surface area contributed by atoms with Crippen molar-refractivity contribution >= 4 is 8.80 Å². The second-order valence-corrected chi connectivity index (χ2v) is 16.6. The normalized spacial score (nSPS) is 12.0. The lowest BCUT2D eigenvalue weighted by Crippen LogP contribution is -2.44. The molecule has 0 aliphatic rings. The maximum absolute atomic E-state index is 6.27. The van der Waals surface area contributed by atoms with Crippen molar-refractivity contribution in [1.29, 1.82) is 0 Å². The average Bonchev–Trinajstić information content (AvgIpc) is 3.03. The van der Waals surface area contributed by atoms with E-state index in [-0.39, 0.29) is 0 Å². The predicted molar refractivity (Wildman–Crippen MR) is 194 cm³/mol. The molecule has 0 atom stereocenters. The van der Waals surface area contributed by atoms with Crippen LogP contribution in [0.25, 0.3) is 0 Å².